The molecule has 0 atom stereocenters. The van der Waals surface area contributed by atoms with E-state index in [0.29, 0.717) is 5.52 Å². The molecule has 0 amide bonds. The molecule has 2 aromatic rings. The van der Waals surface area contributed by atoms with E-state index >= 15 is 0 Å². The molecule has 6 heteroatoms. The average molecular weight is 293 g/mol. The van der Waals surface area contributed by atoms with Crippen LogP contribution in [0.1, 0.15) is 19.4 Å². The van der Waals surface area contributed by atoms with E-state index in [1.165, 1.54) is 0 Å². The highest BCUT2D eigenvalue weighted by Gasteiger charge is 2.21. The maximum atomic E-state index is 12.4. The third-order valence-electron chi connectivity index (χ3n) is 2.82. The maximum Gasteiger partial charge on any atom is 0.242 e. The number of para-hydroxylation sites is 1. The van der Waals surface area contributed by atoms with E-state index < -0.39 is 15.6 Å². The van der Waals surface area contributed by atoms with Crippen LogP contribution in [0.15, 0.2) is 35.4 Å². The number of hydrogen-bond donors (Lipinski definition) is 2. The number of rotatable bonds is 4. The molecule has 0 fully saturated rings. The SMILES string of the molecule is Cc1cnc2c(S(=O)(=O)NCC(C)(C)N)cccc2c1. The van der Waals surface area contributed by atoms with Gasteiger partial charge >= 0.3 is 0 Å². The number of benzene rings is 1. The molecule has 1 aromatic carbocycles. The van der Waals surface area contributed by atoms with Crippen molar-refractivity contribution >= 4 is 20.9 Å². The smallest absolute Gasteiger partial charge is 0.242 e. The fourth-order valence-electron chi connectivity index (χ4n) is 1.82. The normalized spacial score (nSPS) is 12.8. The van der Waals surface area contributed by atoms with Gasteiger partial charge in [0.2, 0.25) is 10.0 Å². The Bertz CT molecular complexity index is 734. The van der Waals surface area contributed by atoms with Gasteiger partial charge < -0.3 is 5.73 Å². The summed E-state index contributed by atoms with van der Waals surface area (Å²) in [6, 6.07) is 7.03. The molecule has 5 nitrogen and oxygen atoms in total. The summed E-state index contributed by atoms with van der Waals surface area (Å²) >= 11 is 0. The van der Waals surface area contributed by atoms with Gasteiger partial charge in [-0.2, -0.15) is 0 Å². The lowest BCUT2D eigenvalue weighted by atomic mass is 10.1. The van der Waals surface area contributed by atoms with Gasteiger partial charge in [0.25, 0.3) is 0 Å². The number of aryl methyl sites for hydroxylation is 1. The second kappa shape index (κ2) is 5.12. The zero-order valence-corrected chi connectivity index (χ0v) is 12.7. The lowest BCUT2D eigenvalue weighted by molar-refractivity contribution is 0.498. The van der Waals surface area contributed by atoms with Crippen molar-refractivity contribution in [2.45, 2.75) is 31.2 Å². The van der Waals surface area contributed by atoms with E-state index in [-0.39, 0.29) is 11.4 Å². The number of aromatic nitrogens is 1. The highest BCUT2D eigenvalue weighted by Crippen LogP contribution is 2.21. The number of hydrogen-bond acceptors (Lipinski definition) is 4. The van der Waals surface area contributed by atoms with Crippen LogP contribution >= 0.6 is 0 Å². The zero-order chi connectivity index (χ0) is 15.0. The van der Waals surface area contributed by atoms with Gasteiger partial charge in [0, 0.05) is 23.7 Å². The standard InChI is InChI=1S/C14H19N3O2S/c1-10-7-11-5-4-6-12(13(11)16-8-10)20(18,19)17-9-14(2,3)15/h4-8,17H,9,15H2,1-3H3. The first kappa shape index (κ1) is 14.9. The predicted molar refractivity (Wildman–Crippen MR) is 79.9 cm³/mol. The fourth-order valence-corrected chi connectivity index (χ4v) is 3.22. The third kappa shape index (κ3) is 3.33. The number of nitrogens with zero attached hydrogens (tertiary/aromatic N) is 1. The predicted octanol–water partition coefficient (Wildman–Crippen LogP) is 1.56. The molecule has 0 aliphatic rings. The minimum absolute atomic E-state index is 0.164. The van der Waals surface area contributed by atoms with Crippen LogP contribution in [0.25, 0.3) is 10.9 Å². The van der Waals surface area contributed by atoms with E-state index in [1.54, 1.807) is 32.2 Å². The number of pyridine rings is 1. The van der Waals surface area contributed by atoms with Gasteiger partial charge in [0.15, 0.2) is 0 Å². The third-order valence-corrected chi connectivity index (χ3v) is 4.25. The molecule has 20 heavy (non-hydrogen) atoms. The Kier molecular flexibility index (Phi) is 3.82. The molecule has 108 valence electrons. The van der Waals surface area contributed by atoms with Crippen molar-refractivity contribution in [3.63, 3.8) is 0 Å². The van der Waals surface area contributed by atoms with Gasteiger partial charge in [-0.15, -0.1) is 0 Å². The Morgan fingerprint density at radius 1 is 1.35 bits per heavy atom. The quantitative estimate of drug-likeness (QED) is 0.896. The van der Waals surface area contributed by atoms with Crippen molar-refractivity contribution in [3.05, 3.63) is 36.0 Å². The topological polar surface area (TPSA) is 85.1 Å². The molecule has 0 unspecified atom stereocenters. The van der Waals surface area contributed by atoms with E-state index in [9.17, 15) is 8.42 Å². The van der Waals surface area contributed by atoms with Crippen molar-refractivity contribution in [2.75, 3.05) is 6.54 Å². The molecule has 0 aliphatic heterocycles. The van der Waals surface area contributed by atoms with Crippen LogP contribution in [0, 0.1) is 6.92 Å². The summed E-state index contributed by atoms with van der Waals surface area (Å²) in [5.41, 5.74) is 6.66. The summed E-state index contributed by atoms with van der Waals surface area (Å²) in [5.74, 6) is 0. The molecule has 0 radical (unpaired) electrons. The highest BCUT2D eigenvalue weighted by atomic mass is 32.2. The van der Waals surface area contributed by atoms with Gasteiger partial charge in [-0.05, 0) is 38.5 Å². The number of nitrogens with one attached hydrogen (secondary N) is 1. The summed E-state index contributed by atoms with van der Waals surface area (Å²) in [7, 11) is -3.63. The lowest BCUT2D eigenvalue weighted by Crippen LogP contribution is -2.45. The zero-order valence-electron chi connectivity index (χ0n) is 11.8. The molecule has 1 aromatic heterocycles. The van der Waals surface area contributed by atoms with Crippen LogP contribution in [-0.2, 0) is 10.0 Å². The van der Waals surface area contributed by atoms with Crippen molar-refractivity contribution < 1.29 is 8.42 Å². The summed E-state index contributed by atoms with van der Waals surface area (Å²) < 4.78 is 27.3. The Morgan fingerprint density at radius 2 is 2.05 bits per heavy atom. The Labute approximate surface area is 119 Å². The molecule has 3 N–H and O–H groups in total. The Hall–Kier alpha value is -1.50. The van der Waals surface area contributed by atoms with Crippen molar-refractivity contribution in [1.82, 2.24) is 9.71 Å². The van der Waals surface area contributed by atoms with Gasteiger partial charge in [-0.25, -0.2) is 13.1 Å². The maximum absolute atomic E-state index is 12.4. The Morgan fingerprint density at radius 3 is 2.70 bits per heavy atom. The fraction of sp³-hybridized carbons (Fsp3) is 0.357. The summed E-state index contributed by atoms with van der Waals surface area (Å²) in [6.07, 6.45) is 1.66. The number of sulfonamides is 1. The van der Waals surface area contributed by atoms with Gasteiger partial charge in [-0.3, -0.25) is 4.98 Å². The second-order valence-electron chi connectivity index (χ2n) is 5.65. The molecule has 0 aliphatic carbocycles. The van der Waals surface area contributed by atoms with Crippen LogP contribution in [-0.4, -0.2) is 25.5 Å². The van der Waals surface area contributed by atoms with Gasteiger partial charge in [0.05, 0.1) is 5.52 Å². The van der Waals surface area contributed by atoms with E-state index in [0.717, 1.165) is 10.9 Å². The van der Waals surface area contributed by atoms with Gasteiger partial charge in [0.1, 0.15) is 4.90 Å². The van der Waals surface area contributed by atoms with Crippen LogP contribution in [0.5, 0.6) is 0 Å². The van der Waals surface area contributed by atoms with Gasteiger partial charge in [-0.1, -0.05) is 12.1 Å². The van der Waals surface area contributed by atoms with Crippen LogP contribution < -0.4 is 10.5 Å². The van der Waals surface area contributed by atoms with Crippen LogP contribution in [0.2, 0.25) is 0 Å². The molecule has 0 bridgehead atoms. The summed E-state index contributed by atoms with van der Waals surface area (Å²) in [4.78, 5) is 4.42. The van der Waals surface area contributed by atoms with Crippen molar-refractivity contribution in [3.8, 4) is 0 Å². The van der Waals surface area contributed by atoms with Crippen LogP contribution in [0.3, 0.4) is 0 Å². The number of fused-ring (bicyclic) bond motifs is 1. The van der Waals surface area contributed by atoms with Crippen molar-refractivity contribution in [1.29, 1.82) is 0 Å². The Balaban J connectivity index is 2.47. The minimum atomic E-state index is -3.63. The lowest BCUT2D eigenvalue weighted by Gasteiger charge is -2.19. The first-order valence-corrected chi connectivity index (χ1v) is 7.81. The monoisotopic (exact) mass is 293 g/mol. The molecule has 0 saturated heterocycles. The largest absolute Gasteiger partial charge is 0.324 e. The molecular weight excluding hydrogens is 274 g/mol. The first-order valence-electron chi connectivity index (χ1n) is 6.33. The average Bonchev–Trinajstić information content (AvgIpc) is 2.34. The molecule has 2 rings (SSSR count). The molecule has 1 heterocycles. The van der Waals surface area contributed by atoms with E-state index in [2.05, 4.69) is 9.71 Å². The van der Waals surface area contributed by atoms with E-state index in [4.69, 9.17) is 5.73 Å². The molecule has 0 spiro atoms. The molecule has 0 saturated carbocycles. The summed E-state index contributed by atoms with van der Waals surface area (Å²) in [5, 5.41) is 0.805. The summed E-state index contributed by atoms with van der Waals surface area (Å²) in [6.45, 7) is 5.61. The highest BCUT2D eigenvalue weighted by molar-refractivity contribution is 7.89. The second-order valence-corrected chi connectivity index (χ2v) is 7.39. The molecular formula is C14H19N3O2S. The number of nitrogens with two attached hydrogens (primary N) is 1. The first-order chi connectivity index (χ1) is 9.19. The van der Waals surface area contributed by atoms with Crippen LogP contribution in [0.4, 0.5) is 0 Å². The van der Waals surface area contributed by atoms with E-state index in [1.807, 2.05) is 19.1 Å². The van der Waals surface area contributed by atoms with Crippen molar-refractivity contribution in [2.24, 2.45) is 5.73 Å². The minimum Gasteiger partial charge on any atom is -0.324 e.